The molecule has 76 valence electrons. The zero-order chi connectivity index (χ0) is 10.8. The van der Waals surface area contributed by atoms with Crippen molar-refractivity contribution in [3.8, 4) is 0 Å². The van der Waals surface area contributed by atoms with Crippen LogP contribution in [0, 0.1) is 0 Å². The van der Waals surface area contributed by atoms with Crippen LogP contribution in [0.2, 0.25) is 0 Å². The lowest BCUT2D eigenvalue weighted by molar-refractivity contribution is 0.259. The number of benzene rings is 1. The summed E-state index contributed by atoms with van der Waals surface area (Å²) in [5.41, 5.74) is 4.76. The van der Waals surface area contributed by atoms with Crippen molar-refractivity contribution in [3.63, 3.8) is 0 Å². The van der Waals surface area contributed by atoms with Crippen molar-refractivity contribution in [3.05, 3.63) is 24.3 Å². The van der Waals surface area contributed by atoms with Crippen molar-refractivity contribution in [2.75, 3.05) is 5.32 Å². The third kappa shape index (κ3) is 2.44. The van der Waals surface area contributed by atoms with Gasteiger partial charge in [0.05, 0.1) is 5.69 Å². The fourth-order valence-corrected chi connectivity index (χ4v) is 1.58. The maximum Gasteiger partial charge on any atom is 0.316 e. The molecule has 14 heavy (non-hydrogen) atoms. The molecule has 7 heteroatoms. The van der Waals surface area contributed by atoms with Gasteiger partial charge in [-0.2, -0.15) is 8.42 Å². The SMILES string of the molecule is NC(=O)Nc1ccccc1S(=O)(=O)O. The molecule has 0 atom stereocenters. The van der Waals surface area contributed by atoms with Crippen LogP contribution in [0.15, 0.2) is 29.2 Å². The number of carbonyl (C=O) groups is 1. The van der Waals surface area contributed by atoms with E-state index in [-0.39, 0.29) is 10.6 Å². The van der Waals surface area contributed by atoms with E-state index in [0.29, 0.717) is 0 Å². The maximum absolute atomic E-state index is 10.8. The Hall–Kier alpha value is -1.60. The summed E-state index contributed by atoms with van der Waals surface area (Å²) in [7, 11) is -4.35. The number of carbonyl (C=O) groups excluding carboxylic acids is 1. The Labute approximate surface area is 80.5 Å². The highest BCUT2D eigenvalue weighted by atomic mass is 32.2. The number of urea groups is 1. The van der Waals surface area contributed by atoms with E-state index in [2.05, 4.69) is 5.32 Å². The molecule has 6 nitrogen and oxygen atoms in total. The molecule has 0 bridgehead atoms. The van der Waals surface area contributed by atoms with Crippen molar-refractivity contribution in [1.82, 2.24) is 0 Å². The molecule has 1 aromatic carbocycles. The number of hydrogen-bond donors (Lipinski definition) is 3. The lowest BCUT2D eigenvalue weighted by Crippen LogP contribution is -2.20. The number of nitrogens with one attached hydrogen (secondary N) is 1. The van der Waals surface area contributed by atoms with Crippen LogP contribution < -0.4 is 11.1 Å². The first-order chi connectivity index (χ1) is 6.41. The van der Waals surface area contributed by atoms with Gasteiger partial charge in [0.1, 0.15) is 4.90 Å². The van der Waals surface area contributed by atoms with Crippen LogP contribution in [0.5, 0.6) is 0 Å². The van der Waals surface area contributed by atoms with Gasteiger partial charge in [-0.05, 0) is 12.1 Å². The van der Waals surface area contributed by atoms with Crippen molar-refractivity contribution >= 4 is 21.8 Å². The van der Waals surface area contributed by atoms with E-state index in [4.69, 9.17) is 10.3 Å². The summed E-state index contributed by atoms with van der Waals surface area (Å²) in [6.45, 7) is 0. The molecule has 0 unspecified atom stereocenters. The Kier molecular flexibility index (Phi) is 2.73. The molecule has 0 spiro atoms. The van der Waals surface area contributed by atoms with Crippen LogP contribution in [0.1, 0.15) is 0 Å². The minimum absolute atomic E-state index is 0.0532. The first-order valence-electron chi connectivity index (χ1n) is 3.54. The predicted octanol–water partition coefficient (Wildman–Crippen LogP) is 0.424. The number of amides is 2. The van der Waals surface area contributed by atoms with Crippen molar-refractivity contribution < 1.29 is 17.8 Å². The van der Waals surface area contributed by atoms with Gasteiger partial charge >= 0.3 is 6.03 Å². The van der Waals surface area contributed by atoms with Crippen LogP contribution in [-0.4, -0.2) is 19.0 Å². The van der Waals surface area contributed by atoms with E-state index < -0.39 is 16.1 Å². The molecule has 0 saturated heterocycles. The fraction of sp³-hybridized carbons (Fsp3) is 0. The number of primary amides is 1. The van der Waals surface area contributed by atoms with Gasteiger partial charge in [0.15, 0.2) is 0 Å². The fourth-order valence-electron chi connectivity index (χ4n) is 0.928. The lowest BCUT2D eigenvalue weighted by atomic mass is 10.3. The molecule has 4 N–H and O–H groups in total. The minimum Gasteiger partial charge on any atom is -0.351 e. The minimum atomic E-state index is -4.35. The molecule has 1 rings (SSSR count). The van der Waals surface area contributed by atoms with Gasteiger partial charge in [-0.1, -0.05) is 12.1 Å². The van der Waals surface area contributed by atoms with Crippen molar-refractivity contribution in [2.45, 2.75) is 4.90 Å². The largest absolute Gasteiger partial charge is 0.351 e. The zero-order valence-electron chi connectivity index (χ0n) is 6.97. The van der Waals surface area contributed by atoms with Crippen LogP contribution >= 0.6 is 0 Å². The Balaban J connectivity index is 3.23. The first-order valence-corrected chi connectivity index (χ1v) is 4.98. The van der Waals surface area contributed by atoms with Gasteiger partial charge in [-0.25, -0.2) is 4.79 Å². The van der Waals surface area contributed by atoms with E-state index in [0.717, 1.165) is 6.07 Å². The van der Waals surface area contributed by atoms with E-state index in [1.807, 2.05) is 0 Å². The Morgan fingerprint density at radius 3 is 2.43 bits per heavy atom. The van der Waals surface area contributed by atoms with Gasteiger partial charge in [0.2, 0.25) is 0 Å². The summed E-state index contributed by atoms with van der Waals surface area (Å²) in [6.07, 6.45) is 0. The zero-order valence-corrected chi connectivity index (χ0v) is 7.78. The van der Waals surface area contributed by atoms with Gasteiger partial charge in [-0.15, -0.1) is 0 Å². The van der Waals surface area contributed by atoms with Crippen molar-refractivity contribution in [1.29, 1.82) is 0 Å². The third-order valence-electron chi connectivity index (χ3n) is 1.42. The van der Waals surface area contributed by atoms with Gasteiger partial charge in [0.25, 0.3) is 10.1 Å². The van der Waals surface area contributed by atoms with Gasteiger partial charge in [0, 0.05) is 0 Å². The molecule has 0 fully saturated rings. The average molecular weight is 216 g/mol. The van der Waals surface area contributed by atoms with Crippen LogP contribution in [0.25, 0.3) is 0 Å². The number of para-hydroxylation sites is 1. The molecule has 1 aromatic rings. The summed E-state index contributed by atoms with van der Waals surface area (Å²) >= 11 is 0. The summed E-state index contributed by atoms with van der Waals surface area (Å²) < 4.78 is 30.4. The van der Waals surface area contributed by atoms with E-state index >= 15 is 0 Å². The Morgan fingerprint density at radius 1 is 1.36 bits per heavy atom. The molecular weight excluding hydrogens is 208 g/mol. The van der Waals surface area contributed by atoms with Crippen LogP contribution in [0.4, 0.5) is 10.5 Å². The molecule has 0 heterocycles. The van der Waals surface area contributed by atoms with Gasteiger partial charge in [-0.3, -0.25) is 4.55 Å². The number of anilines is 1. The van der Waals surface area contributed by atoms with Gasteiger partial charge < -0.3 is 11.1 Å². The molecule has 0 aliphatic carbocycles. The monoisotopic (exact) mass is 216 g/mol. The maximum atomic E-state index is 10.8. The van der Waals surface area contributed by atoms with E-state index in [1.54, 1.807) is 0 Å². The average Bonchev–Trinajstić information content (AvgIpc) is 2.01. The number of rotatable bonds is 2. The number of hydrogen-bond acceptors (Lipinski definition) is 3. The van der Waals surface area contributed by atoms with Crippen LogP contribution in [-0.2, 0) is 10.1 Å². The smallest absolute Gasteiger partial charge is 0.316 e. The molecule has 0 aliphatic rings. The van der Waals surface area contributed by atoms with E-state index in [1.165, 1.54) is 18.2 Å². The summed E-state index contributed by atoms with van der Waals surface area (Å²) in [6, 6.07) is 4.48. The van der Waals surface area contributed by atoms with E-state index in [9.17, 15) is 13.2 Å². The van der Waals surface area contributed by atoms with Crippen molar-refractivity contribution in [2.24, 2.45) is 5.73 Å². The highest BCUT2D eigenvalue weighted by Crippen LogP contribution is 2.19. The lowest BCUT2D eigenvalue weighted by Gasteiger charge is -2.05. The quantitative estimate of drug-likeness (QED) is 0.622. The second-order valence-electron chi connectivity index (χ2n) is 2.46. The molecule has 0 saturated carbocycles. The third-order valence-corrected chi connectivity index (χ3v) is 2.33. The highest BCUT2D eigenvalue weighted by molar-refractivity contribution is 7.86. The first kappa shape index (κ1) is 10.5. The van der Waals surface area contributed by atoms with Crippen LogP contribution in [0.3, 0.4) is 0 Å². The standard InChI is InChI=1S/C7H8N2O4S/c8-7(10)9-5-3-1-2-4-6(5)14(11,12)13/h1-4H,(H3,8,9,10)(H,11,12,13). The molecular formula is C7H8N2O4S. The predicted molar refractivity (Wildman–Crippen MR) is 49.5 cm³/mol. The topological polar surface area (TPSA) is 109 Å². The molecule has 0 aliphatic heterocycles. The highest BCUT2D eigenvalue weighted by Gasteiger charge is 2.14. The molecule has 0 aromatic heterocycles. The second kappa shape index (κ2) is 3.64. The molecule has 2 amide bonds. The summed E-state index contributed by atoms with van der Waals surface area (Å²) in [4.78, 5) is 10.1. The Morgan fingerprint density at radius 2 is 1.93 bits per heavy atom. The summed E-state index contributed by atoms with van der Waals surface area (Å²) in [5.74, 6) is 0. The summed E-state index contributed by atoms with van der Waals surface area (Å²) in [5, 5.41) is 2.08. The second-order valence-corrected chi connectivity index (χ2v) is 3.85. The Bertz CT molecular complexity index is 455. The molecule has 0 radical (unpaired) electrons. The normalized spacial score (nSPS) is 10.9. The number of nitrogens with two attached hydrogens (primary N) is 1.